The smallest absolute Gasteiger partial charge is 0.345 e. The number of H-pyrrole nitrogens is 1. The second kappa shape index (κ2) is 3.92. The molecule has 0 aliphatic heterocycles. The maximum absolute atomic E-state index is 11.2. The van der Waals surface area contributed by atoms with E-state index in [0.717, 1.165) is 42.6 Å². The lowest BCUT2D eigenvalue weighted by Crippen LogP contribution is -2.22. The number of aromatic amines is 1. The molecule has 14 heavy (non-hydrogen) atoms. The summed E-state index contributed by atoms with van der Waals surface area (Å²) in [5, 5.41) is 8.86. The highest BCUT2D eigenvalue weighted by Gasteiger charge is 2.15. The van der Waals surface area contributed by atoms with Crippen LogP contribution in [0.2, 0.25) is 0 Å². The number of rotatable bonds is 2. The number of hydrogen-bond donors (Lipinski definition) is 2. The Bertz CT molecular complexity index is 384. The molecule has 1 heterocycles. The zero-order valence-electron chi connectivity index (χ0n) is 8.05. The number of nitrogens with zero attached hydrogens (tertiary/aromatic N) is 1. The summed E-state index contributed by atoms with van der Waals surface area (Å²) in [4.78, 5) is 17.9. The van der Waals surface area contributed by atoms with Crippen LogP contribution in [0.1, 0.15) is 29.8 Å². The molecule has 4 heteroatoms. The third kappa shape index (κ3) is 1.70. The van der Waals surface area contributed by atoms with E-state index in [1.54, 1.807) is 0 Å². The second-order valence-electron chi connectivity index (χ2n) is 3.63. The maximum atomic E-state index is 11.2. The van der Waals surface area contributed by atoms with Crippen molar-refractivity contribution in [2.24, 2.45) is 0 Å². The van der Waals surface area contributed by atoms with E-state index in [-0.39, 0.29) is 12.3 Å². The Balaban J connectivity index is 2.47. The lowest BCUT2D eigenvalue weighted by Gasteiger charge is -2.17. The normalized spacial score (nSPS) is 15.2. The third-order valence-electron chi connectivity index (χ3n) is 2.66. The van der Waals surface area contributed by atoms with E-state index in [9.17, 15) is 4.79 Å². The molecule has 0 radical (unpaired) electrons. The molecule has 0 saturated heterocycles. The van der Waals surface area contributed by atoms with Crippen LogP contribution in [-0.2, 0) is 19.3 Å². The molecule has 1 aliphatic rings. The van der Waals surface area contributed by atoms with E-state index in [0.29, 0.717) is 6.42 Å². The van der Waals surface area contributed by atoms with Crippen molar-refractivity contribution in [3.8, 4) is 0 Å². The average molecular weight is 194 g/mol. The third-order valence-corrected chi connectivity index (χ3v) is 2.66. The van der Waals surface area contributed by atoms with E-state index in [1.165, 1.54) is 0 Å². The van der Waals surface area contributed by atoms with E-state index < -0.39 is 0 Å². The molecule has 0 aromatic carbocycles. The number of aromatic nitrogens is 2. The van der Waals surface area contributed by atoms with Crippen molar-refractivity contribution < 1.29 is 5.11 Å². The fourth-order valence-corrected chi connectivity index (χ4v) is 2.02. The van der Waals surface area contributed by atoms with Gasteiger partial charge in [-0.25, -0.2) is 4.79 Å². The minimum atomic E-state index is -0.283. The molecule has 0 unspecified atom stereocenters. The van der Waals surface area contributed by atoms with Gasteiger partial charge in [-0.1, -0.05) is 0 Å². The summed E-state index contributed by atoms with van der Waals surface area (Å²) in [6.07, 6.45) is 4.69. The molecule has 0 bridgehead atoms. The van der Waals surface area contributed by atoms with Crippen LogP contribution in [-0.4, -0.2) is 21.7 Å². The first-order valence-electron chi connectivity index (χ1n) is 5.03. The zero-order valence-corrected chi connectivity index (χ0v) is 8.05. The predicted molar refractivity (Wildman–Crippen MR) is 52.3 cm³/mol. The SMILES string of the molecule is O=c1nc(CCO)c2c([nH]1)CCCC2. The number of aryl methyl sites for hydroxylation is 1. The van der Waals surface area contributed by atoms with Crippen molar-refractivity contribution in [2.75, 3.05) is 6.61 Å². The van der Waals surface area contributed by atoms with Gasteiger partial charge in [-0.2, -0.15) is 4.98 Å². The monoisotopic (exact) mass is 194 g/mol. The van der Waals surface area contributed by atoms with E-state index in [1.807, 2.05) is 0 Å². The molecule has 0 fully saturated rings. The van der Waals surface area contributed by atoms with Crippen molar-refractivity contribution >= 4 is 0 Å². The van der Waals surface area contributed by atoms with Crippen LogP contribution in [0, 0.1) is 0 Å². The Morgan fingerprint density at radius 1 is 1.36 bits per heavy atom. The lowest BCUT2D eigenvalue weighted by atomic mass is 9.94. The van der Waals surface area contributed by atoms with Gasteiger partial charge in [-0.05, 0) is 31.2 Å². The van der Waals surface area contributed by atoms with Crippen molar-refractivity contribution in [3.63, 3.8) is 0 Å². The summed E-state index contributed by atoms with van der Waals surface area (Å²) in [6, 6.07) is 0. The first kappa shape index (κ1) is 9.40. The molecule has 2 N–H and O–H groups in total. The maximum Gasteiger partial charge on any atom is 0.345 e. The van der Waals surface area contributed by atoms with Crippen molar-refractivity contribution in [1.29, 1.82) is 0 Å². The molecule has 4 nitrogen and oxygen atoms in total. The molecule has 1 aliphatic carbocycles. The zero-order chi connectivity index (χ0) is 9.97. The largest absolute Gasteiger partial charge is 0.396 e. The number of aliphatic hydroxyl groups excluding tert-OH is 1. The van der Waals surface area contributed by atoms with Gasteiger partial charge in [-0.3, -0.25) is 0 Å². The van der Waals surface area contributed by atoms with Crippen molar-refractivity contribution in [1.82, 2.24) is 9.97 Å². The second-order valence-corrected chi connectivity index (χ2v) is 3.63. The molecule has 1 aromatic rings. The summed E-state index contributed by atoms with van der Waals surface area (Å²) >= 11 is 0. The Morgan fingerprint density at radius 3 is 2.93 bits per heavy atom. The first-order chi connectivity index (χ1) is 6.81. The summed E-state index contributed by atoms with van der Waals surface area (Å²) in [7, 11) is 0. The van der Waals surface area contributed by atoms with E-state index in [2.05, 4.69) is 9.97 Å². The average Bonchev–Trinajstić information content (AvgIpc) is 2.18. The van der Waals surface area contributed by atoms with Crippen LogP contribution >= 0.6 is 0 Å². The summed E-state index contributed by atoms with van der Waals surface area (Å²) in [5.41, 5.74) is 2.68. The van der Waals surface area contributed by atoms with Crippen molar-refractivity contribution in [3.05, 3.63) is 27.4 Å². The molecule has 2 rings (SSSR count). The predicted octanol–water partition coefficient (Wildman–Crippen LogP) is 0.183. The van der Waals surface area contributed by atoms with Gasteiger partial charge in [0.05, 0.1) is 5.69 Å². The van der Waals surface area contributed by atoms with Gasteiger partial charge < -0.3 is 10.1 Å². The van der Waals surface area contributed by atoms with Crippen LogP contribution in [0.3, 0.4) is 0 Å². The van der Waals surface area contributed by atoms with Crippen LogP contribution in [0.5, 0.6) is 0 Å². The molecule has 0 amide bonds. The Kier molecular flexibility index (Phi) is 2.63. The Labute approximate surface area is 82.0 Å². The standard InChI is InChI=1S/C10H14N2O2/c13-6-5-9-7-3-1-2-4-8(7)11-10(14)12-9/h13H,1-6H2,(H,11,12,14). The quantitative estimate of drug-likeness (QED) is 0.706. The van der Waals surface area contributed by atoms with Crippen molar-refractivity contribution in [2.45, 2.75) is 32.1 Å². The molecule has 0 saturated carbocycles. The highest BCUT2D eigenvalue weighted by Crippen LogP contribution is 2.20. The fraction of sp³-hybridized carbons (Fsp3) is 0.600. The van der Waals surface area contributed by atoms with Crippen LogP contribution in [0.4, 0.5) is 0 Å². The van der Waals surface area contributed by atoms with E-state index in [4.69, 9.17) is 5.11 Å². The number of aliphatic hydroxyl groups is 1. The van der Waals surface area contributed by atoms with Gasteiger partial charge in [-0.15, -0.1) is 0 Å². The van der Waals surface area contributed by atoms with Gasteiger partial charge in [0.2, 0.25) is 0 Å². The van der Waals surface area contributed by atoms with Gasteiger partial charge in [0.1, 0.15) is 0 Å². The summed E-state index contributed by atoms with van der Waals surface area (Å²) in [6.45, 7) is 0.0584. The summed E-state index contributed by atoms with van der Waals surface area (Å²) in [5.74, 6) is 0. The number of nitrogens with one attached hydrogen (secondary N) is 1. The highest BCUT2D eigenvalue weighted by atomic mass is 16.3. The van der Waals surface area contributed by atoms with E-state index >= 15 is 0 Å². The fourth-order valence-electron chi connectivity index (χ4n) is 2.02. The summed E-state index contributed by atoms with van der Waals surface area (Å²) < 4.78 is 0. The number of fused-ring (bicyclic) bond motifs is 1. The molecule has 0 spiro atoms. The molecule has 1 aromatic heterocycles. The number of hydrogen-bond acceptors (Lipinski definition) is 3. The molecule has 76 valence electrons. The van der Waals surface area contributed by atoms with Crippen LogP contribution < -0.4 is 5.69 Å². The molecular weight excluding hydrogens is 180 g/mol. The molecule has 0 atom stereocenters. The Hall–Kier alpha value is -1.16. The molecular formula is C10H14N2O2. The first-order valence-corrected chi connectivity index (χ1v) is 5.03. The lowest BCUT2D eigenvalue weighted by molar-refractivity contribution is 0.297. The van der Waals surface area contributed by atoms with Crippen LogP contribution in [0.25, 0.3) is 0 Å². The van der Waals surface area contributed by atoms with Crippen LogP contribution in [0.15, 0.2) is 4.79 Å². The Morgan fingerprint density at radius 2 is 2.14 bits per heavy atom. The van der Waals surface area contributed by atoms with Gasteiger partial charge >= 0.3 is 5.69 Å². The van der Waals surface area contributed by atoms with Gasteiger partial charge in [0.15, 0.2) is 0 Å². The van der Waals surface area contributed by atoms with Gasteiger partial charge in [0, 0.05) is 18.7 Å². The highest BCUT2D eigenvalue weighted by molar-refractivity contribution is 5.27. The minimum absolute atomic E-state index is 0.0584. The van der Waals surface area contributed by atoms with Gasteiger partial charge in [0.25, 0.3) is 0 Å². The topological polar surface area (TPSA) is 66.0 Å². The minimum Gasteiger partial charge on any atom is -0.396 e.